The molecule has 0 aliphatic heterocycles. The minimum absolute atomic E-state index is 0.247. The molecule has 96 valence electrons. The second-order valence-electron chi connectivity index (χ2n) is 3.88. The molecule has 1 N–H and O–H groups in total. The van der Waals surface area contributed by atoms with Gasteiger partial charge in [0.05, 0.1) is 0 Å². The zero-order valence-electron chi connectivity index (χ0n) is 9.98. The molecule has 0 radical (unpaired) electrons. The Kier molecular flexibility index (Phi) is 5.04. The van der Waals surface area contributed by atoms with E-state index in [1.165, 1.54) is 20.2 Å². The number of benzene rings is 1. The average molecular weight is 260 g/mol. The first-order valence-electron chi connectivity index (χ1n) is 5.34. The second-order valence-corrected chi connectivity index (χ2v) is 5.85. The maximum absolute atomic E-state index is 13.2. The fourth-order valence-electron chi connectivity index (χ4n) is 1.31. The third kappa shape index (κ3) is 4.41. The minimum atomic E-state index is -3.37. The number of nitrogens with zero attached hydrogens (tertiary/aromatic N) is 1. The number of aryl methyl sites for hydroxylation is 1. The van der Waals surface area contributed by atoms with Crippen molar-refractivity contribution in [3.8, 4) is 0 Å². The molecule has 0 bridgehead atoms. The Morgan fingerprint density at radius 1 is 1.29 bits per heavy atom. The second kappa shape index (κ2) is 6.09. The van der Waals surface area contributed by atoms with Gasteiger partial charge in [-0.05, 0) is 24.5 Å². The van der Waals surface area contributed by atoms with Crippen LogP contribution in [0.25, 0.3) is 0 Å². The van der Waals surface area contributed by atoms with E-state index in [4.69, 9.17) is 0 Å². The molecule has 0 aromatic heterocycles. The van der Waals surface area contributed by atoms with E-state index in [-0.39, 0.29) is 5.82 Å². The van der Waals surface area contributed by atoms with Crippen molar-refractivity contribution in [2.24, 2.45) is 0 Å². The highest BCUT2D eigenvalue weighted by atomic mass is 32.2. The largest absolute Gasteiger partial charge is 0.278 e. The molecule has 0 fully saturated rings. The monoisotopic (exact) mass is 260 g/mol. The summed E-state index contributed by atoms with van der Waals surface area (Å²) in [7, 11) is -0.458. The highest BCUT2D eigenvalue weighted by Gasteiger charge is 2.11. The van der Waals surface area contributed by atoms with E-state index >= 15 is 0 Å². The van der Waals surface area contributed by atoms with Crippen LogP contribution < -0.4 is 4.72 Å². The molecule has 0 unspecified atom stereocenters. The molecule has 1 aromatic carbocycles. The van der Waals surface area contributed by atoms with Crippen molar-refractivity contribution in [3.05, 3.63) is 35.6 Å². The van der Waals surface area contributed by atoms with E-state index in [2.05, 4.69) is 4.72 Å². The van der Waals surface area contributed by atoms with Crippen LogP contribution in [0.4, 0.5) is 4.39 Å². The van der Waals surface area contributed by atoms with Crippen molar-refractivity contribution in [1.82, 2.24) is 9.03 Å². The normalized spacial score (nSPS) is 12.0. The summed E-state index contributed by atoms with van der Waals surface area (Å²) in [4.78, 5) is 0. The van der Waals surface area contributed by atoms with E-state index in [1.807, 2.05) is 0 Å². The summed E-state index contributed by atoms with van der Waals surface area (Å²) >= 11 is 0. The fraction of sp³-hybridized carbons (Fsp3) is 0.455. The molecular weight excluding hydrogens is 243 g/mol. The lowest BCUT2D eigenvalue weighted by Gasteiger charge is -2.12. The number of halogens is 1. The van der Waals surface area contributed by atoms with Gasteiger partial charge in [0.25, 0.3) is 10.2 Å². The Labute approximate surface area is 102 Å². The molecule has 0 saturated heterocycles. The lowest BCUT2D eigenvalue weighted by Crippen LogP contribution is -2.36. The smallest absolute Gasteiger partial charge is 0.207 e. The summed E-state index contributed by atoms with van der Waals surface area (Å²) in [6.45, 7) is 0.300. The Bertz CT molecular complexity index is 460. The Balaban J connectivity index is 2.38. The predicted molar refractivity (Wildman–Crippen MR) is 65.3 cm³/mol. The van der Waals surface area contributed by atoms with E-state index in [1.54, 1.807) is 18.2 Å². The van der Waals surface area contributed by atoms with Crippen LogP contribution >= 0.6 is 0 Å². The summed E-state index contributed by atoms with van der Waals surface area (Å²) in [5, 5.41) is 0. The van der Waals surface area contributed by atoms with Crippen LogP contribution in [0, 0.1) is 5.82 Å². The third-order valence-corrected chi connectivity index (χ3v) is 3.88. The molecule has 1 rings (SSSR count). The summed E-state index contributed by atoms with van der Waals surface area (Å²) < 4.78 is 39.5. The molecular formula is C11H17FN2O2S. The number of nitrogens with one attached hydrogen (secondary N) is 1. The van der Waals surface area contributed by atoms with Gasteiger partial charge in [0.2, 0.25) is 0 Å². The number of hydrogen-bond donors (Lipinski definition) is 1. The Hall–Kier alpha value is -0.980. The molecule has 4 nitrogen and oxygen atoms in total. The first-order chi connectivity index (χ1) is 7.93. The molecule has 6 heteroatoms. The number of rotatable bonds is 6. The molecule has 0 aliphatic carbocycles. The topological polar surface area (TPSA) is 49.4 Å². The average Bonchev–Trinajstić information content (AvgIpc) is 2.26. The highest BCUT2D eigenvalue weighted by Crippen LogP contribution is 2.08. The van der Waals surface area contributed by atoms with Crippen LogP contribution in [0.3, 0.4) is 0 Å². The van der Waals surface area contributed by atoms with Crippen molar-refractivity contribution in [1.29, 1.82) is 0 Å². The van der Waals surface area contributed by atoms with Gasteiger partial charge in [-0.25, -0.2) is 9.11 Å². The van der Waals surface area contributed by atoms with Crippen molar-refractivity contribution in [3.63, 3.8) is 0 Å². The van der Waals surface area contributed by atoms with Gasteiger partial charge < -0.3 is 0 Å². The third-order valence-electron chi connectivity index (χ3n) is 2.35. The first-order valence-corrected chi connectivity index (χ1v) is 6.78. The quantitative estimate of drug-likeness (QED) is 0.780. The van der Waals surface area contributed by atoms with Crippen molar-refractivity contribution < 1.29 is 12.8 Å². The van der Waals surface area contributed by atoms with Crippen LogP contribution in [0.1, 0.15) is 12.0 Å². The van der Waals surface area contributed by atoms with Crippen LogP contribution in [-0.2, 0) is 16.6 Å². The van der Waals surface area contributed by atoms with Crippen LogP contribution in [0.5, 0.6) is 0 Å². The Morgan fingerprint density at radius 3 is 2.53 bits per heavy atom. The van der Waals surface area contributed by atoms with Crippen LogP contribution in [-0.4, -0.2) is 33.4 Å². The van der Waals surface area contributed by atoms with Gasteiger partial charge in [-0.1, -0.05) is 18.2 Å². The number of hydrogen-bond acceptors (Lipinski definition) is 2. The summed E-state index contributed by atoms with van der Waals surface area (Å²) in [6.07, 6.45) is 1.08. The van der Waals surface area contributed by atoms with E-state index < -0.39 is 10.2 Å². The van der Waals surface area contributed by atoms with E-state index in [0.29, 0.717) is 24.9 Å². The molecule has 0 saturated carbocycles. The van der Waals surface area contributed by atoms with E-state index in [0.717, 1.165) is 4.31 Å². The molecule has 1 aromatic rings. The molecule has 0 aliphatic rings. The van der Waals surface area contributed by atoms with Gasteiger partial charge in [0.1, 0.15) is 5.82 Å². The SMILES string of the molecule is CN(C)S(=O)(=O)NCCCc1ccccc1F. The Morgan fingerprint density at radius 2 is 1.94 bits per heavy atom. The zero-order valence-corrected chi connectivity index (χ0v) is 10.8. The van der Waals surface area contributed by atoms with Crippen LogP contribution in [0.2, 0.25) is 0 Å². The van der Waals surface area contributed by atoms with Crippen molar-refractivity contribution in [2.45, 2.75) is 12.8 Å². The lowest BCUT2D eigenvalue weighted by atomic mass is 10.1. The van der Waals surface area contributed by atoms with E-state index in [9.17, 15) is 12.8 Å². The van der Waals surface area contributed by atoms with Crippen molar-refractivity contribution in [2.75, 3.05) is 20.6 Å². The molecule has 0 heterocycles. The minimum Gasteiger partial charge on any atom is -0.207 e. The van der Waals surface area contributed by atoms with Gasteiger partial charge in [0, 0.05) is 20.6 Å². The summed E-state index contributed by atoms with van der Waals surface area (Å²) in [5.74, 6) is -0.247. The van der Waals surface area contributed by atoms with Crippen molar-refractivity contribution >= 4 is 10.2 Å². The molecule has 0 spiro atoms. The van der Waals surface area contributed by atoms with Gasteiger partial charge in [-0.2, -0.15) is 12.7 Å². The maximum Gasteiger partial charge on any atom is 0.278 e. The molecule has 17 heavy (non-hydrogen) atoms. The lowest BCUT2D eigenvalue weighted by molar-refractivity contribution is 0.504. The molecule has 0 amide bonds. The van der Waals surface area contributed by atoms with Gasteiger partial charge in [-0.15, -0.1) is 0 Å². The standard InChI is InChI=1S/C11H17FN2O2S/c1-14(2)17(15,16)13-9-5-7-10-6-3-4-8-11(10)12/h3-4,6,8,13H,5,7,9H2,1-2H3. The van der Waals surface area contributed by atoms with Gasteiger partial charge >= 0.3 is 0 Å². The maximum atomic E-state index is 13.2. The highest BCUT2D eigenvalue weighted by molar-refractivity contribution is 7.87. The fourth-order valence-corrected chi connectivity index (χ4v) is 1.97. The summed E-state index contributed by atoms with van der Waals surface area (Å²) in [6, 6.07) is 6.51. The van der Waals surface area contributed by atoms with Gasteiger partial charge in [0.15, 0.2) is 0 Å². The molecule has 0 atom stereocenters. The first kappa shape index (κ1) is 14.1. The van der Waals surface area contributed by atoms with Gasteiger partial charge in [-0.3, -0.25) is 0 Å². The predicted octanol–water partition coefficient (Wildman–Crippen LogP) is 1.15. The zero-order chi connectivity index (χ0) is 12.9. The summed E-state index contributed by atoms with van der Waals surface area (Å²) in [5.41, 5.74) is 0.608. The van der Waals surface area contributed by atoms with Crippen LogP contribution in [0.15, 0.2) is 24.3 Å².